The summed E-state index contributed by atoms with van der Waals surface area (Å²) >= 11 is 0. The molecule has 0 bridgehead atoms. The Morgan fingerprint density at radius 3 is 2.60 bits per heavy atom. The number of hydrogen-bond acceptors (Lipinski definition) is 2. The van der Waals surface area contributed by atoms with Crippen molar-refractivity contribution in [3.63, 3.8) is 0 Å². The molecule has 3 heteroatoms. The van der Waals surface area contributed by atoms with Gasteiger partial charge in [-0.3, -0.25) is 4.98 Å². The summed E-state index contributed by atoms with van der Waals surface area (Å²) in [6, 6.07) is 0. The van der Waals surface area contributed by atoms with E-state index in [-0.39, 0.29) is 0 Å². The van der Waals surface area contributed by atoms with E-state index in [4.69, 9.17) is 12.7 Å². The van der Waals surface area contributed by atoms with Gasteiger partial charge in [-0.1, -0.05) is 20.8 Å². The molecule has 0 saturated heterocycles. The van der Waals surface area contributed by atoms with Gasteiger partial charge in [0.05, 0.1) is 5.69 Å². The van der Waals surface area contributed by atoms with Crippen LogP contribution in [0.5, 0.6) is 5.75 Å². The topological polar surface area (TPSA) is 22.1 Å². The minimum atomic E-state index is 0.589. The Morgan fingerprint density at radius 1 is 1.47 bits per heavy atom. The third-order valence-electron chi connectivity index (χ3n) is 2.52. The van der Waals surface area contributed by atoms with Crippen molar-refractivity contribution in [1.82, 2.24) is 4.98 Å². The van der Waals surface area contributed by atoms with Crippen molar-refractivity contribution in [3.05, 3.63) is 23.0 Å². The van der Waals surface area contributed by atoms with Gasteiger partial charge in [0.15, 0.2) is 0 Å². The van der Waals surface area contributed by atoms with Crippen LogP contribution in [0.3, 0.4) is 0 Å². The van der Waals surface area contributed by atoms with Gasteiger partial charge in [0.2, 0.25) is 0 Å². The largest absolute Gasteiger partial charge is 0.566 e. The van der Waals surface area contributed by atoms with Gasteiger partial charge in [-0.05, 0) is 36.8 Å². The highest BCUT2D eigenvalue weighted by Crippen LogP contribution is 2.27. The quantitative estimate of drug-likeness (QED) is 0.701. The number of rotatable bonds is 4. The van der Waals surface area contributed by atoms with E-state index in [1.807, 2.05) is 13.1 Å². The van der Waals surface area contributed by atoms with Crippen LogP contribution in [0.4, 0.5) is 0 Å². The average Bonchev–Trinajstić information content (AvgIpc) is 2.18. The third kappa shape index (κ3) is 2.74. The van der Waals surface area contributed by atoms with E-state index in [1.165, 1.54) is 11.1 Å². The molecule has 0 amide bonds. The van der Waals surface area contributed by atoms with Crippen molar-refractivity contribution in [1.29, 1.82) is 0 Å². The SMILES string of the molecule is [B]Oc1c(C)ncc(CC)c1CC(C)C. The molecule has 0 N–H and O–H groups in total. The predicted molar refractivity (Wildman–Crippen MR) is 63.3 cm³/mol. The van der Waals surface area contributed by atoms with Gasteiger partial charge in [0, 0.05) is 6.20 Å². The number of aryl methyl sites for hydroxylation is 2. The van der Waals surface area contributed by atoms with Crippen molar-refractivity contribution in [2.45, 2.75) is 40.5 Å². The molecule has 1 heterocycles. The lowest BCUT2D eigenvalue weighted by atomic mass is 9.96. The van der Waals surface area contributed by atoms with Crippen molar-refractivity contribution in [2.24, 2.45) is 5.92 Å². The number of aromatic nitrogens is 1. The van der Waals surface area contributed by atoms with Gasteiger partial charge in [-0.15, -0.1) is 0 Å². The molecule has 0 aliphatic rings. The fraction of sp³-hybridized carbons (Fsp3) is 0.583. The summed E-state index contributed by atoms with van der Waals surface area (Å²) in [5.41, 5.74) is 3.31. The first-order valence-electron chi connectivity index (χ1n) is 5.44. The van der Waals surface area contributed by atoms with E-state index in [9.17, 15) is 0 Å². The molecule has 0 spiro atoms. The molecular weight excluding hydrogens is 185 g/mol. The maximum atomic E-state index is 5.31. The maximum Gasteiger partial charge on any atom is 0.374 e. The van der Waals surface area contributed by atoms with Crippen LogP contribution < -0.4 is 4.65 Å². The second-order valence-corrected chi connectivity index (χ2v) is 4.25. The van der Waals surface area contributed by atoms with Crippen LogP contribution in [0.1, 0.15) is 37.6 Å². The number of hydrogen-bond donors (Lipinski definition) is 0. The second kappa shape index (κ2) is 5.20. The first-order valence-corrected chi connectivity index (χ1v) is 5.44. The van der Waals surface area contributed by atoms with Crippen LogP contribution in [-0.4, -0.2) is 13.0 Å². The van der Waals surface area contributed by atoms with Crippen LogP contribution in [0.25, 0.3) is 0 Å². The van der Waals surface area contributed by atoms with Gasteiger partial charge in [-0.25, -0.2) is 0 Å². The standard InChI is InChI=1S/C12H18BNO/c1-5-10-7-14-9(4)12(15-13)11(10)6-8(2)3/h7-8H,5-6H2,1-4H3. The zero-order valence-corrected chi connectivity index (χ0v) is 10.0. The van der Waals surface area contributed by atoms with Gasteiger partial charge in [0.25, 0.3) is 0 Å². The highest BCUT2D eigenvalue weighted by atomic mass is 16.4. The van der Waals surface area contributed by atoms with Crippen molar-refractivity contribution < 1.29 is 4.65 Å². The maximum absolute atomic E-state index is 5.31. The van der Waals surface area contributed by atoms with Gasteiger partial charge < -0.3 is 4.65 Å². The molecule has 0 fully saturated rings. The molecule has 0 atom stereocenters. The first-order chi connectivity index (χ1) is 7.10. The predicted octanol–water partition coefficient (Wildman–Crippen LogP) is 2.61. The molecule has 15 heavy (non-hydrogen) atoms. The number of pyridine rings is 1. The molecule has 1 rings (SSSR count). The molecule has 0 saturated carbocycles. The Labute approximate surface area is 93.5 Å². The zero-order chi connectivity index (χ0) is 11.4. The Hall–Kier alpha value is -0.985. The summed E-state index contributed by atoms with van der Waals surface area (Å²) in [5, 5.41) is 0. The third-order valence-corrected chi connectivity index (χ3v) is 2.52. The molecule has 0 aromatic carbocycles. The summed E-state index contributed by atoms with van der Waals surface area (Å²) in [6.07, 6.45) is 3.88. The van der Waals surface area contributed by atoms with Crippen LogP contribution in [0.2, 0.25) is 0 Å². The molecule has 2 radical (unpaired) electrons. The van der Waals surface area contributed by atoms with Gasteiger partial charge in [-0.2, -0.15) is 0 Å². The lowest BCUT2D eigenvalue weighted by molar-refractivity contribution is 0.566. The Balaban J connectivity index is 3.21. The smallest absolute Gasteiger partial charge is 0.374 e. The van der Waals surface area contributed by atoms with Crippen LogP contribution in [-0.2, 0) is 12.8 Å². The lowest BCUT2D eigenvalue weighted by Crippen LogP contribution is -2.05. The Kier molecular flexibility index (Phi) is 4.19. The van der Waals surface area contributed by atoms with Crippen molar-refractivity contribution in [3.8, 4) is 5.75 Å². The average molecular weight is 203 g/mol. The van der Waals surface area contributed by atoms with Gasteiger partial charge >= 0.3 is 8.05 Å². The van der Waals surface area contributed by atoms with Crippen LogP contribution in [0, 0.1) is 12.8 Å². The first kappa shape index (κ1) is 12.1. The molecule has 0 aliphatic heterocycles. The Morgan fingerprint density at radius 2 is 2.13 bits per heavy atom. The van der Waals surface area contributed by atoms with Crippen LogP contribution >= 0.6 is 0 Å². The van der Waals surface area contributed by atoms with E-state index in [0.717, 1.165) is 24.3 Å². The summed E-state index contributed by atoms with van der Waals surface area (Å²) in [4.78, 5) is 4.28. The molecule has 2 nitrogen and oxygen atoms in total. The fourth-order valence-corrected chi connectivity index (χ4v) is 1.77. The van der Waals surface area contributed by atoms with E-state index >= 15 is 0 Å². The zero-order valence-electron chi connectivity index (χ0n) is 10.0. The summed E-state index contributed by atoms with van der Waals surface area (Å²) in [7, 11) is 5.31. The van der Waals surface area contributed by atoms with E-state index in [1.54, 1.807) is 0 Å². The summed E-state index contributed by atoms with van der Waals surface area (Å²) in [5.74, 6) is 1.34. The van der Waals surface area contributed by atoms with E-state index < -0.39 is 0 Å². The Bertz CT molecular complexity index is 337. The van der Waals surface area contributed by atoms with Crippen molar-refractivity contribution in [2.75, 3.05) is 0 Å². The van der Waals surface area contributed by atoms with Gasteiger partial charge in [0.1, 0.15) is 5.75 Å². The fourth-order valence-electron chi connectivity index (χ4n) is 1.77. The minimum Gasteiger partial charge on any atom is -0.566 e. The molecule has 0 unspecified atom stereocenters. The molecule has 80 valence electrons. The summed E-state index contributed by atoms with van der Waals surface area (Å²) < 4.78 is 4.96. The molecular formula is C12H18BNO. The molecule has 0 aliphatic carbocycles. The highest BCUT2D eigenvalue weighted by molar-refractivity contribution is 6.00. The summed E-state index contributed by atoms with van der Waals surface area (Å²) in [6.45, 7) is 8.42. The number of nitrogens with zero attached hydrogens (tertiary/aromatic N) is 1. The lowest BCUT2D eigenvalue weighted by Gasteiger charge is -2.16. The second-order valence-electron chi connectivity index (χ2n) is 4.25. The van der Waals surface area contributed by atoms with Crippen molar-refractivity contribution >= 4 is 8.05 Å². The highest BCUT2D eigenvalue weighted by Gasteiger charge is 2.12. The van der Waals surface area contributed by atoms with E-state index in [0.29, 0.717) is 5.92 Å². The molecule has 1 aromatic rings. The molecule has 1 aromatic heterocycles. The van der Waals surface area contributed by atoms with Crippen LogP contribution in [0.15, 0.2) is 6.20 Å². The normalized spacial score (nSPS) is 10.7. The minimum absolute atomic E-state index is 0.589. The monoisotopic (exact) mass is 203 g/mol. The van der Waals surface area contributed by atoms with E-state index in [2.05, 4.69) is 25.8 Å².